The molecule has 1 fully saturated rings. The van der Waals surface area contributed by atoms with Crippen LogP contribution in [0.1, 0.15) is 30.3 Å². The number of carbonyl (C=O) groups is 2. The molecule has 17 heavy (non-hydrogen) atoms. The first kappa shape index (κ1) is 12.0. The maximum Gasteiger partial charge on any atom is 0.311 e. The Kier molecular flexibility index (Phi) is 3.15. The first-order valence-electron chi connectivity index (χ1n) is 5.44. The molecule has 1 amide bonds. The molecule has 1 aromatic heterocycles. The van der Waals surface area contributed by atoms with Crippen LogP contribution in [0.15, 0.2) is 10.9 Å². The number of thiazole rings is 1. The summed E-state index contributed by atoms with van der Waals surface area (Å²) in [6.45, 7) is 2.56. The Morgan fingerprint density at radius 2 is 2.35 bits per heavy atom. The molecule has 1 N–H and O–H groups in total. The number of rotatable bonds is 2. The van der Waals surface area contributed by atoms with E-state index < -0.39 is 11.4 Å². The fraction of sp³-hybridized carbons (Fsp3) is 0.545. The van der Waals surface area contributed by atoms with Gasteiger partial charge in [0, 0.05) is 18.5 Å². The summed E-state index contributed by atoms with van der Waals surface area (Å²) in [7, 11) is 0. The smallest absolute Gasteiger partial charge is 0.311 e. The third kappa shape index (κ3) is 2.31. The van der Waals surface area contributed by atoms with E-state index in [0.29, 0.717) is 18.7 Å². The van der Waals surface area contributed by atoms with Crippen LogP contribution >= 0.6 is 11.3 Å². The van der Waals surface area contributed by atoms with Gasteiger partial charge in [0.2, 0.25) is 0 Å². The van der Waals surface area contributed by atoms with Gasteiger partial charge in [0.15, 0.2) is 0 Å². The number of carboxylic acids is 1. The molecule has 0 aliphatic carbocycles. The van der Waals surface area contributed by atoms with Crippen LogP contribution < -0.4 is 0 Å². The van der Waals surface area contributed by atoms with Crippen LogP contribution in [-0.2, 0) is 4.79 Å². The third-order valence-electron chi connectivity index (χ3n) is 3.15. The average Bonchev–Trinajstić information content (AvgIpc) is 2.81. The second-order valence-corrected chi connectivity index (χ2v) is 5.29. The topological polar surface area (TPSA) is 70.5 Å². The SMILES string of the molecule is CC1(C(=O)O)CCCN(C(=O)c2cscn2)C1. The summed E-state index contributed by atoms with van der Waals surface area (Å²) in [4.78, 5) is 28.8. The summed E-state index contributed by atoms with van der Waals surface area (Å²) >= 11 is 1.36. The molecule has 1 unspecified atom stereocenters. The van der Waals surface area contributed by atoms with Gasteiger partial charge in [0.1, 0.15) is 5.69 Å². The lowest BCUT2D eigenvalue weighted by Crippen LogP contribution is -2.48. The predicted molar refractivity (Wildman–Crippen MR) is 63.0 cm³/mol. The lowest BCUT2D eigenvalue weighted by atomic mass is 9.82. The quantitative estimate of drug-likeness (QED) is 0.867. The molecule has 0 bridgehead atoms. The van der Waals surface area contributed by atoms with Crippen LogP contribution in [0.4, 0.5) is 0 Å². The summed E-state index contributed by atoms with van der Waals surface area (Å²) in [5.74, 6) is -1.01. The van der Waals surface area contributed by atoms with E-state index >= 15 is 0 Å². The number of aromatic nitrogens is 1. The van der Waals surface area contributed by atoms with Crippen molar-refractivity contribution in [3.8, 4) is 0 Å². The molecule has 1 atom stereocenters. The number of piperidine rings is 1. The van der Waals surface area contributed by atoms with Crippen molar-refractivity contribution >= 4 is 23.2 Å². The van der Waals surface area contributed by atoms with Crippen LogP contribution in [0.5, 0.6) is 0 Å². The summed E-state index contributed by atoms with van der Waals surface area (Å²) in [6.07, 6.45) is 1.34. The standard InChI is InChI=1S/C11H14N2O3S/c1-11(10(15)16)3-2-4-13(6-11)9(14)8-5-17-7-12-8/h5,7H,2-4,6H2,1H3,(H,15,16). The number of hydrogen-bond acceptors (Lipinski definition) is 4. The zero-order valence-electron chi connectivity index (χ0n) is 9.55. The van der Waals surface area contributed by atoms with Crippen LogP contribution in [0.3, 0.4) is 0 Å². The molecule has 2 rings (SSSR count). The largest absolute Gasteiger partial charge is 0.481 e. The van der Waals surface area contributed by atoms with Crippen molar-refractivity contribution in [3.05, 3.63) is 16.6 Å². The second kappa shape index (κ2) is 4.44. The van der Waals surface area contributed by atoms with Gasteiger partial charge in [0.25, 0.3) is 5.91 Å². The monoisotopic (exact) mass is 254 g/mol. The second-order valence-electron chi connectivity index (χ2n) is 4.57. The Morgan fingerprint density at radius 1 is 1.59 bits per heavy atom. The van der Waals surface area contributed by atoms with E-state index in [9.17, 15) is 14.7 Å². The Labute approximate surface area is 103 Å². The number of nitrogens with zero attached hydrogens (tertiary/aromatic N) is 2. The van der Waals surface area contributed by atoms with Crippen molar-refractivity contribution < 1.29 is 14.7 Å². The molecule has 5 nitrogen and oxygen atoms in total. The predicted octanol–water partition coefficient (Wildman–Crippen LogP) is 1.47. The molecule has 2 heterocycles. The molecule has 1 aliphatic rings. The molecule has 1 aromatic rings. The number of likely N-dealkylation sites (tertiary alicyclic amines) is 1. The zero-order chi connectivity index (χ0) is 12.5. The van der Waals surface area contributed by atoms with Gasteiger partial charge in [0.05, 0.1) is 10.9 Å². The molecular formula is C11H14N2O3S. The van der Waals surface area contributed by atoms with Crippen LogP contribution in [0.25, 0.3) is 0 Å². The third-order valence-corrected chi connectivity index (χ3v) is 3.74. The van der Waals surface area contributed by atoms with Crippen LogP contribution in [-0.4, -0.2) is 40.0 Å². The first-order chi connectivity index (χ1) is 8.03. The number of hydrogen-bond donors (Lipinski definition) is 1. The van der Waals surface area contributed by atoms with E-state index in [1.165, 1.54) is 11.3 Å². The highest BCUT2D eigenvalue weighted by Gasteiger charge is 2.39. The molecule has 0 aromatic carbocycles. The van der Waals surface area contributed by atoms with Crippen molar-refractivity contribution in [1.29, 1.82) is 0 Å². The maximum atomic E-state index is 12.0. The number of carboxylic acid groups (broad SMARTS) is 1. The Balaban J connectivity index is 2.13. The van der Waals surface area contributed by atoms with Crippen molar-refractivity contribution in [2.75, 3.05) is 13.1 Å². The minimum Gasteiger partial charge on any atom is -0.481 e. The zero-order valence-corrected chi connectivity index (χ0v) is 10.4. The minimum absolute atomic E-state index is 0.168. The van der Waals surface area contributed by atoms with Gasteiger partial charge in [-0.25, -0.2) is 4.98 Å². The molecule has 0 saturated carbocycles. The first-order valence-corrected chi connectivity index (χ1v) is 6.38. The van der Waals surface area contributed by atoms with E-state index in [1.54, 1.807) is 22.7 Å². The summed E-state index contributed by atoms with van der Waals surface area (Å²) in [5, 5.41) is 10.9. The fourth-order valence-corrected chi connectivity index (χ4v) is 2.59. The van der Waals surface area contributed by atoms with Gasteiger partial charge in [-0.1, -0.05) is 0 Å². The van der Waals surface area contributed by atoms with Gasteiger partial charge in [-0.15, -0.1) is 11.3 Å². The van der Waals surface area contributed by atoms with E-state index in [0.717, 1.165) is 6.42 Å². The van der Waals surface area contributed by atoms with Crippen molar-refractivity contribution in [2.45, 2.75) is 19.8 Å². The number of carbonyl (C=O) groups excluding carboxylic acids is 1. The number of amides is 1. The highest BCUT2D eigenvalue weighted by atomic mass is 32.1. The van der Waals surface area contributed by atoms with Crippen LogP contribution in [0.2, 0.25) is 0 Å². The Morgan fingerprint density at radius 3 is 2.94 bits per heavy atom. The Bertz CT molecular complexity index is 432. The highest BCUT2D eigenvalue weighted by molar-refractivity contribution is 7.07. The van der Waals surface area contributed by atoms with Crippen LogP contribution in [0, 0.1) is 5.41 Å². The molecule has 92 valence electrons. The summed E-state index contributed by atoms with van der Waals surface area (Å²) < 4.78 is 0. The van der Waals surface area contributed by atoms with Gasteiger partial charge in [-0.05, 0) is 19.8 Å². The molecular weight excluding hydrogens is 240 g/mol. The van der Waals surface area contributed by atoms with E-state index in [-0.39, 0.29) is 12.5 Å². The highest BCUT2D eigenvalue weighted by Crippen LogP contribution is 2.30. The van der Waals surface area contributed by atoms with E-state index in [4.69, 9.17) is 0 Å². The molecule has 0 radical (unpaired) electrons. The normalized spacial score (nSPS) is 24.6. The van der Waals surface area contributed by atoms with Gasteiger partial charge in [-0.3, -0.25) is 9.59 Å². The molecule has 1 aliphatic heterocycles. The van der Waals surface area contributed by atoms with Crippen molar-refractivity contribution in [2.24, 2.45) is 5.41 Å². The molecule has 1 saturated heterocycles. The van der Waals surface area contributed by atoms with Crippen molar-refractivity contribution in [1.82, 2.24) is 9.88 Å². The maximum absolute atomic E-state index is 12.0. The van der Waals surface area contributed by atoms with E-state index in [2.05, 4.69) is 4.98 Å². The lowest BCUT2D eigenvalue weighted by molar-refractivity contribution is -0.150. The van der Waals surface area contributed by atoms with Gasteiger partial charge >= 0.3 is 5.97 Å². The average molecular weight is 254 g/mol. The lowest BCUT2D eigenvalue weighted by Gasteiger charge is -2.37. The van der Waals surface area contributed by atoms with Crippen molar-refractivity contribution in [3.63, 3.8) is 0 Å². The van der Waals surface area contributed by atoms with Gasteiger partial charge < -0.3 is 10.0 Å². The summed E-state index contributed by atoms with van der Waals surface area (Å²) in [5.41, 5.74) is 1.18. The summed E-state index contributed by atoms with van der Waals surface area (Å²) in [6, 6.07) is 0. The molecule has 6 heteroatoms. The number of aliphatic carboxylic acids is 1. The molecule has 0 spiro atoms. The van der Waals surface area contributed by atoms with E-state index in [1.807, 2.05) is 0 Å². The Hall–Kier alpha value is -1.43. The fourth-order valence-electron chi connectivity index (χ4n) is 2.07. The van der Waals surface area contributed by atoms with Gasteiger partial charge in [-0.2, -0.15) is 0 Å². The minimum atomic E-state index is -0.840.